The normalized spacial score (nSPS) is 14.8. The molecule has 142 valence electrons. The number of fused-ring (bicyclic) bond motifs is 1. The summed E-state index contributed by atoms with van der Waals surface area (Å²) in [5.74, 6) is 1.17. The second kappa shape index (κ2) is 8.53. The highest BCUT2D eigenvalue weighted by Crippen LogP contribution is 2.26. The summed E-state index contributed by atoms with van der Waals surface area (Å²) in [5.41, 5.74) is 3.72. The Morgan fingerprint density at radius 1 is 1.11 bits per heavy atom. The molecular weight excluding hydrogens is 334 g/mol. The molecule has 0 amide bonds. The fourth-order valence-corrected chi connectivity index (χ4v) is 3.90. The standard InChI is InChI=1S/C22H29N5/c1-26-17-18(15-24-26)8-7-11-23-16-20-14-19-9-3-4-10-21(19)25-22(20)27-12-5-2-6-13-27/h3-4,9-10,14-15,17,23H,2,5-8,11-13,16H2,1H3. The Bertz CT molecular complexity index is 879. The highest BCUT2D eigenvalue weighted by Gasteiger charge is 2.16. The Morgan fingerprint density at radius 2 is 1.96 bits per heavy atom. The van der Waals surface area contributed by atoms with Crippen molar-refractivity contribution in [2.75, 3.05) is 24.5 Å². The van der Waals surface area contributed by atoms with E-state index in [0.29, 0.717) is 0 Å². The minimum Gasteiger partial charge on any atom is -0.356 e. The predicted octanol–water partition coefficient (Wildman–Crippen LogP) is 3.68. The van der Waals surface area contributed by atoms with Crippen molar-refractivity contribution in [2.24, 2.45) is 7.05 Å². The number of nitrogens with zero attached hydrogens (tertiary/aromatic N) is 4. The molecule has 1 aromatic carbocycles. The van der Waals surface area contributed by atoms with Gasteiger partial charge in [0.05, 0.1) is 11.7 Å². The quantitative estimate of drug-likeness (QED) is 0.651. The molecule has 1 saturated heterocycles. The number of aromatic nitrogens is 3. The largest absolute Gasteiger partial charge is 0.356 e. The minimum absolute atomic E-state index is 0.872. The van der Waals surface area contributed by atoms with Crippen LogP contribution in [0.25, 0.3) is 10.9 Å². The molecule has 0 saturated carbocycles. The van der Waals surface area contributed by atoms with Crippen molar-refractivity contribution >= 4 is 16.7 Å². The molecule has 2 aromatic heterocycles. The summed E-state index contributed by atoms with van der Waals surface area (Å²) in [5, 5.41) is 9.09. The number of anilines is 1. The highest BCUT2D eigenvalue weighted by molar-refractivity contribution is 5.81. The van der Waals surface area contributed by atoms with Gasteiger partial charge in [0.25, 0.3) is 0 Å². The highest BCUT2D eigenvalue weighted by atomic mass is 15.2. The van der Waals surface area contributed by atoms with Crippen molar-refractivity contribution in [1.29, 1.82) is 0 Å². The van der Waals surface area contributed by atoms with E-state index in [9.17, 15) is 0 Å². The number of para-hydroxylation sites is 1. The first-order valence-corrected chi connectivity index (χ1v) is 10.1. The van der Waals surface area contributed by atoms with E-state index in [1.54, 1.807) is 0 Å². The number of nitrogens with one attached hydrogen (secondary N) is 1. The zero-order chi connectivity index (χ0) is 18.5. The van der Waals surface area contributed by atoms with Crippen LogP contribution in [0.15, 0.2) is 42.7 Å². The number of pyridine rings is 1. The number of hydrogen-bond acceptors (Lipinski definition) is 4. The third-order valence-electron chi connectivity index (χ3n) is 5.33. The lowest BCUT2D eigenvalue weighted by atomic mass is 10.1. The van der Waals surface area contributed by atoms with Crippen molar-refractivity contribution < 1.29 is 0 Å². The van der Waals surface area contributed by atoms with Gasteiger partial charge in [-0.25, -0.2) is 4.98 Å². The van der Waals surface area contributed by atoms with Crippen molar-refractivity contribution in [2.45, 2.75) is 38.6 Å². The molecule has 0 aliphatic carbocycles. The van der Waals surface area contributed by atoms with Crippen molar-refractivity contribution in [3.05, 3.63) is 53.9 Å². The lowest BCUT2D eigenvalue weighted by Crippen LogP contribution is -2.31. The van der Waals surface area contributed by atoms with Gasteiger partial charge in [-0.15, -0.1) is 0 Å². The van der Waals surface area contributed by atoms with Gasteiger partial charge in [-0.1, -0.05) is 18.2 Å². The van der Waals surface area contributed by atoms with Crippen LogP contribution in [0.2, 0.25) is 0 Å². The van der Waals surface area contributed by atoms with E-state index in [1.165, 1.54) is 41.6 Å². The van der Waals surface area contributed by atoms with Crippen molar-refractivity contribution in [3.8, 4) is 0 Å². The van der Waals surface area contributed by atoms with Crippen LogP contribution in [-0.4, -0.2) is 34.4 Å². The summed E-state index contributed by atoms with van der Waals surface area (Å²) in [4.78, 5) is 7.50. The molecule has 27 heavy (non-hydrogen) atoms. The molecule has 3 aromatic rings. The monoisotopic (exact) mass is 363 g/mol. The van der Waals surface area contributed by atoms with Gasteiger partial charge in [-0.05, 0) is 56.3 Å². The number of rotatable bonds is 7. The van der Waals surface area contributed by atoms with Crippen molar-refractivity contribution in [1.82, 2.24) is 20.1 Å². The molecule has 1 N–H and O–H groups in total. The topological polar surface area (TPSA) is 46.0 Å². The predicted molar refractivity (Wildman–Crippen MR) is 111 cm³/mol. The van der Waals surface area contributed by atoms with E-state index >= 15 is 0 Å². The third-order valence-corrected chi connectivity index (χ3v) is 5.33. The number of piperidine rings is 1. The fraction of sp³-hybridized carbons (Fsp3) is 0.455. The van der Waals surface area contributed by atoms with Crippen LogP contribution in [0.3, 0.4) is 0 Å². The summed E-state index contributed by atoms with van der Waals surface area (Å²) in [7, 11) is 1.97. The second-order valence-electron chi connectivity index (χ2n) is 7.51. The van der Waals surface area contributed by atoms with E-state index in [2.05, 4.69) is 51.8 Å². The zero-order valence-corrected chi connectivity index (χ0v) is 16.2. The Kier molecular flexibility index (Phi) is 5.68. The molecule has 0 spiro atoms. The number of benzene rings is 1. The van der Waals surface area contributed by atoms with Gasteiger partial charge < -0.3 is 10.2 Å². The Labute approximate surface area is 161 Å². The first-order valence-electron chi connectivity index (χ1n) is 10.1. The summed E-state index contributed by atoms with van der Waals surface area (Å²) in [6.45, 7) is 4.12. The first kappa shape index (κ1) is 18.0. The summed E-state index contributed by atoms with van der Waals surface area (Å²) >= 11 is 0. The average molecular weight is 364 g/mol. The van der Waals surface area contributed by atoms with Gasteiger partial charge in [0.2, 0.25) is 0 Å². The van der Waals surface area contributed by atoms with E-state index in [-0.39, 0.29) is 0 Å². The molecular formula is C22H29N5. The fourth-order valence-electron chi connectivity index (χ4n) is 3.90. The molecule has 1 aliphatic heterocycles. The SMILES string of the molecule is Cn1cc(CCCNCc2cc3ccccc3nc2N2CCCCC2)cn1. The van der Waals surface area contributed by atoms with Gasteiger partial charge in [0, 0.05) is 43.8 Å². The van der Waals surface area contributed by atoms with Crippen LogP contribution in [0.1, 0.15) is 36.8 Å². The van der Waals surface area contributed by atoms with Gasteiger partial charge in [0.1, 0.15) is 5.82 Å². The zero-order valence-electron chi connectivity index (χ0n) is 16.2. The van der Waals surface area contributed by atoms with Gasteiger partial charge in [-0.2, -0.15) is 5.10 Å². The van der Waals surface area contributed by atoms with Crippen LogP contribution in [0.4, 0.5) is 5.82 Å². The summed E-state index contributed by atoms with van der Waals surface area (Å²) in [6.07, 6.45) is 10.1. The first-order chi connectivity index (χ1) is 13.3. The average Bonchev–Trinajstić information content (AvgIpc) is 3.13. The molecule has 5 heteroatoms. The van der Waals surface area contributed by atoms with Crippen LogP contribution in [0, 0.1) is 0 Å². The van der Waals surface area contributed by atoms with E-state index in [4.69, 9.17) is 4.98 Å². The molecule has 0 atom stereocenters. The van der Waals surface area contributed by atoms with Crippen molar-refractivity contribution in [3.63, 3.8) is 0 Å². The van der Waals surface area contributed by atoms with E-state index < -0.39 is 0 Å². The Balaban J connectivity index is 1.42. The summed E-state index contributed by atoms with van der Waals surface area (Å²) < 4.78 is 1.87. The Hall–Kier alpha value is -2.40. The van der Waals surface area contributed by atoms with Crippen LogP contribution in [0.5, 0.6) is 0 Å². The molecule has 0 unspecified atom stereocenters. The summed E-state index contributed by atoms with van der Waals surface area (Å²) in [6, 6.07) is 10.8. The lowest BCUT2D eigenvalue weighted by Gasteiger charge is -2.30. The second-order valence-corrected chi connectivity index (χ2v) is 7.51. The van der Waals surface area contributed by atoms with Gasteiger partial charge in [-0.3, -0.25) is 4.68 Å². The smallest absolute Gasteiger partial charge is 0.133 e. The molecule has 5 nitrogen and oxygen atoms in total. The molecule has 4 rings (SSSR count). The van der Waals surface area contributed by atoms with Gasteiger partial charge >= 0.3 is 0 Å². The van der Waals surface area contributed by atoms with Crippen LogP contribution < -0.4 is 10.2 Å². The maximum Gasteiger partial charge on any atom is 0.133 e. The van der Waals surface area contributed by atoms with E-state index in [1.807, 2.05) is 17.9 Å². The minimum atomic E-state index is 0.872. The van der Waals surface area contributed by atoms with Gasteiger partial charge in [0.15, 0.2) is 0 Å². The Morgan fingerprint density at radius 3 is 2.78 bits per heavy atom. The molecule has 0 radical (unpaired) electrons. The molecule has 1 aliphatic rings. The molecule has 0 bridgehead atoms. The maximum atomic E-state index is 5.02. The number of hydrogen-bond donors (Lipinski definition) is 1. The molecule has 3 heterocycles. The number of aryl methyl sites for hydroxylation is 2. The molecule has 1 fully saturated rings. The van der Waals surface area contributed by atoms with E-state index in [0.717, 1.165) is 44.5 Å². The maximum absolute atomic E-state index is 5.02. The van der Waals surface area contributed by atoms with Crippen LogP contribution in [-0.2, 0) is 20.0 Å². The van der Waals surface area contributed by atoms with Crippen LogP contribution >= 0.6 is 0 Å². The lowest BCUT2D eigenvalue weighted by molar-refractivity contribution is 0.569. The third kappa shape index (κ3) is 4.48.